The number of aromatic nitrogens is 2. The minimum Gasteiger partial charge on any atom is -0.308 e. The standard InChI is InChI=1S/C23H12N2O2S2/c26-22-16-9-13-5-8-28-20(13)11-17(16)23(27)18(22)10-15-1-2-21(29-15)25-7-4-14-12-24-6-3-19(14)25/h1-12H/b18-10-. The average Bonchev–Trinajstić information content (AvgIpc) is 3.50. The molecular formula is C23H12N2O2S2. The zero-order valence-electron chi connectivity index (χ0n) is 15.0. The van der Waals surface area contributed by atoms with Crippen LogP contribution in [-0.2, 0) is 0 Å². The first-order valence-electron chi connectivity index (χ1n) is 9.03. The van der Waals surface area contributed by atoms with Gasteiger partial charge in [0, 0.05) is 44.7 Å². The number of rotatable bonds is 2. The molecule has 0 spiro atoms. The monoisotopic (exact) mass is 412 g/mol. The van der Waals surface area contributed by atoms with E-state index in [1.165, 1.54) is 0 Å². The van der Waals surface area contributed by atoms with Crippen molar-refractivity contribution in [3.8, 4) is 5.00 Å². The molecule has 0 saturated carbocycles. The van der Waals surface area contributed by atoms with Gasteiger partial charge in [0.25, 0.3) is 0 Å². The maximum Gasteiger partial charge on any atom is 0.197 e. The van der Waals surface area contributed by atoms with E-state index in [1.807, 2.05) is 60.2 Å². The van der Waals surface area contributed by atoms with Gasteiger partial charge in [-0.05, 0) is 59.3 Å². The van der Waals surface area contributed by atoms with Gasteiger partial charge in [0.2, 0.25) is 0 Å². The number of hydrogen-bond donors (Lipinski definition) is 0. The van der Waals surface area contributed by atoms with E-state index in [4.69, 9.17) is 0 Å². The molecule has 6 rings (SSSR count). The Hall–Kier alpha value is -3.35. The highest BCUT2D eigenvalue weighted by atomic mass is 32.1. The molecule has 1 aliphatic rings. The molecule has 1 aliphatic carbocycles. The highest BCUT2D eigenvalue weighted by Gasteiger charge is 2.33. The lowest BCUT2D eigenvalue weighted by atomic mass is 10.1. The highest BCUT2D eigenvalue weighted by Crippen LogP contribution is 2.35. The van der Waals surface area contributed by atoms with Crippen molar-refractivity contribution in [1.29, 1.82) is 0 Å². The third-order valence-corrected chi connectivity index (χ3v) is 7.11. The van der Waals surface area contributed by atoms with Crippen LogP contribution in [0.2, 0.25) is 0 Å². The summed E-state index contributed by atoms with van der Waals surface area (Å²) in [6.07, 6.45) is 7.33. The molecule has 0 bridgehead atoms. The van der Waals surface area contributed by atoms with Crippen LogP contribution < -0.4 is 0 Å². The minimum atomic E-state index is -0.189. The maximum atomic E-state index is 12.9. The summed E-state index contributed by atoms with van der Waals surface area (Å²) in [6.45, 7) is 0. The molecule has 1 aromatic carbocycles. The Kier molecular flexibility index (Phi) is 3.47. The fraction of sp³-hybridized carbons (Fsp3) is 0. The van der Waals surface area contributed by atoms with Gasteiger partial charge < -0.3 is 4.57 Å². The van der Waals surface area contributed by atoms with Crippen molar-refractivity contribution in [3.05, 3.63) is 88.0 Å². The van der Waals surface area contributed by atoms with Crippen molar-refractivity contribution < 1.29 is 9.59 Å². The van der Waals surface area contributed by atoms with Crippen LogP contribution in [0.4, 0.5) is 0 Å². The van der Waals surface area contributed by atoms with Gasteiger partial charge in [0.15, 0.2) is 11.6 Å². The van der Waals surface area contributed by atoms with E-state index in [2.05, 4.69) is 9.55 Å². The molecule has 29 heavy (non-hydrogen) atoms. The van der Waals surface area contributed by atoms with Crippen LogP contribution in [0.1, 0.15) is 25.6 Å². The molecule has 0 amide bonds. The summed E-state index contributed by atoms with van der Waals surface area (Å²) in [5, 5.41) is 5.06. The largest absolute Gasteiger partial charge is 0.308 e. The molecule has 4 heterocycles. The molecule has 0 fully saturated rings. The summed E-state index contributed by atoms with van der Waals surface area (Å²) in [4.78, 5) is 30.8. The molecule has 4 aromatic heterocycles. The number of benzene rings is 1. The van der Waals surface area contributed by atoms with Crippen LogP contribution in [0.3, 0.4) is 0 Å². The van der Waals surface area contributed by atoms with Crippen molar-refractivity contribution >= 4 is 61.3 Å². The van der Waals surface area contributed by atoms with E-state index in [-0.39, 0.29) is 17.1 Å². The van der Waals surface area contributed by atoms with Gasteiger partial charge in [0.1, 0.15) is 5.00 Å². The molecule has 0 N–H and O–H groups in total. The fourth-order valence-electron chi connectivity index (χ4n) is 3.78. The Morgan fingerprint density at radius 1 is 0.931 bits per heavy atom. The molecule has 0 atom stereocenters. The van der Waals surface area contributed by atoms with E-state index < -0.39 is 0 Å². The van der Waals surface area contributed by atoms with Gasteiger partial charge >= 0.3 is 0 Å². The molecular weight excluding hydrogens is 400 g/mol. The Morgan fingerprint density at radius 2 is 1.79 bits per heavy atom. The summed E-state index contributed by atoms with van der Waals surface area (Å²) < 4.78 is 3.11. The van der Waals surface area contributed by atoms with Gasteiger partial charge in [-0.2, -0.15) is 0 Å². The zero-order valence-corrected chi connectivity index (χ0v) is 16.6. The first-order valence-corrected chi connectivity index (χ1v) is 10.7. The van der Waals surface area contributed by atoms with Crippen LogP contribution in [0.5, 0.6) is 0 Å². The summed E-state index contributed by atoms with van der Waals surface area (Å²) >= 11 is 3.12. The highest BCUT2D eigenvalue weighted by molar-refractivity contribution is 7.17. The molecule has 0 unspecified atom stereocenters. The van der Waals surface area contributed by atoms with Crippen LogP contribution >= 0.6 is 22.7 Å². The summed E-state index contributed by atoms with van der Waals surface area (Å²) in [5.74, 6) is -0.377. The van der Waals surface area contributed by atoms with Crippen LogP contribution in [0, 0.1) is 0 Å². The predicted octanol–water partition coefficient (Wildman–Crippen LogP) is 5.76. The van der Waals surface area contributed by atoms with Gasteiger partial charge in [0.05, 0.1) is 11.1 Å². The number of carbonyl (C=O) groups is 2. The second-order valence-corrected chi connectivity index (χ2v) is 8.91. The molecule has 0 radical (unpaired) electrons. The summed E-state index contributed by atoms with van der Waals surface area (Å²) in [6, 6.07) is 13.6. The SMILES string of the molecule is O=C1/C(=C/c2ccc(-n3ccc4cnccc43)s2)C(=O)c2cc3sccc3cc21. The Bertz CT molecular complexity index is 1450. The predicted molar refractivity (Wildman–Crippen MR) is 117 cm³/mol. The molecule has 5 aromatic rings. The van der Waals surface area contributed by atoms with E-state index in [9.17, 15) is 9.59 Å². The third kappa shape index (κ3) is 2.46. The quantitative estimate of drug-likeness (QED) is 0.273. The molecule has 0 aliphatic heterocycles. The second-order valence-electron chi connectivity index (χ2n) is 6.87. The van der Waals surface area contributed by atoms with E-state index in [0.717, 1.165) is 30.9 Å². The molecule has 138 valence electrons. The lowest BCUT2D eigenvalue weighted by Crippen LogP contribution is -1.99. The van der Waals surface area contributed by atoms with Crippen molar-refractivity contribution in [2.75, 3.05) is 0 Å². The van der Waals surface area contributed by atoms with Crippen molar-refractivity contribution in [2.45, 2.75) is 0 Å². The third-order valence-electron chi connectivity index (χ3n) is 5.20. The van der Waals surface area contributed by atoms with E-state index in [1.54, 1.807) is 34.9 Å². The number of hydrogen-bond acceptors (Lipinski definition) is 5. The normalized spacial score (nSPS) is 15.1. The van der Waals surface area contributed by atoms with Gasteiger partial charge in [-0.15, -0.1) is 22.7 Å². The Labute approximate surface area is 173 Å². The van der Waals surface area contributed by atoms with Crippen molar-refractivity contribution in [3.63, 3.8) is 0 Å². The Morgan fingerprint density at radius 3 is 2.69 bits per heavy atom. The number of Topliss-reactive ketones (excluding diaryl/α,β-unsaturated/α-hetero) is 2. The first-order chi connectivity index (χ1) is 14.2. The van der Waals surface area contributed by atoms with Crippen molar-refractivity contribution in [1.82, 2.24) is 9.55 Å². The number of pyridine rings is 1. The van der Waals surface area contributed by atoms with Gasteiger partial charge in [-0.1, -0.05) is 0 Å². The second kappa shape index (κ2) is 6.07. The van der Waals surface area contributed by atoms with Crippen molar-refractivity contribution in [2.24, 2.45) is 0 Å². The number of thiophene rings is 2. The zero-order chi connectivity index (χ0) is 19.5. The van der Waals surface area contributed by atoms with Gasteiger partial charge in [-0.3, -0.25) is 14.6 Å². The average molecular weight is 412 g/mol. The number of fused-ring (bicyclic) bond motifs is 3. The molecule has 0 saturated heterocycles. The van der Waals surface area contributed by atoms with Crippen LogP contribution in [0.25, 0.3) is 32.1 Å². The van der Waals surface area contributed by atoms with E-state index >= 15 is 0 Å². The topological polar surface area (TPSA) is 52.0 Å². The van der Waals surface area contributed by atoms with Crippen LogP contribution in [-0.4, -0.2) is 21.1 Å². The lowest BCUT2D eigenvalue weighted by molar-refractivity contribution is 0.0990. The lowest BCUT2D eigenvalue weighted by Gasteiger charge is -2.00. The number of nitrogens with zero attached hydrogens (tertiary/aromatic N) is 2. The van der Waals surface area contributed by atoms with Crippen LogP contribution in [0.15, 0.2) is 72.0 Å². The van der Waals surface area contributed by atoms with Gasteiger partial charge in [-0.25, -0.2) is 0 Å². The maximum absolute atomic E-state index is 12.9. The summed E-state index contributed by atoms with van der Waals surface area (Å²) in [5.41, 5.74) is 2.33. The van der Waals surface area contributed by atoms with E-state index in [0.29, 0.717) is 11.1 Å². The minimum absolute atomic E-state index is 0.187. The number of allylic oxidation sites excluding steroid dienone is 1. The Balaban J connectivity index is 1.41. The molecule has 4 nitrogen and oxygen atoms in total. The smallest absolute Gasteiger partial charge is 0.197 e. The fourth-order valence-corrected chi connectivity index (χ4v) is 5.53. The number of carbonyl (C=O) groups excluding carboxylic acids is 2. The number of ketones is 2. The molecule has 6 heteroatoms. The summed E-state index contributed by atoms with van der Waals surface area (Å²) in [7, 11) is 0. The first kappa shape index (κ1) is 16.6.